The van der Waals surface area contributed by atoms with Crippen molar-refractivity contribution in [2.45, 2.75) is 6.92 Å². The molecule has 104 valence electrons. The zero-order chi connectivity index (χ0) is 14.8. The van der Waals surface area contributed by atoms with E-state index in [1.54, 1.807) is 24.3 Å². The van der Waals surface area contributed by atoms with Crippen LogP contribution in [0.5, 0.6) is 11.6 Å². The summed E-state index contributed by atoms with van der Waals surface area (Å²) in [5, 5.41) is 9.77. The molecule has 0 spiro atoms. The monoisotopic (exact) mass is 280 g/mol. The summed E-state index contributed by atoms with van der Waals surface area (Å²) in [6.07, 6.45) is 0. The lowest BCUT2D eigenvalue weighted by atomic mass is 10.2. The van der Waals surface area contributed by atoms with E-state index in [9.17, 15) is 4.79 Å². The van der Waals surface area contributed by atoms with Gasteiger partial charge in [0.25, 0.3) is 0 Å². The van der Waals surface area contributed by atoms with Crippen LogP contribution in [0.3, 0.4) is 0 Å². The number of hydrogen-bond donors (Lipinski definition) is 1. The second kappa shape index (κ2) is 5.20. The third-order valence-electron chi connectivity index (χ3n) is 2.96. The van der Waals surface area contributed by atoms with E-state index in [0.717, 1.165) is 5.56 Å². The number of carboxylic acid groups (broad SMARTS) is 1. The fourth-order valence-electron chi connectivity index (χ4n) is 2.01. The van der Waals surface area contributed by atoms with Crippen molar-refractivity contribution in [1.29, 1.82) is 0 Å². The van der Waals surface area contributed by atoms with Gasteiger partial charge in [-0.3, -0.25) is 0 Å². The minimum Gasteiger partial charge on any atom is -0.475 e. The van der Waals surface area contributed by atoms with E-state index in [1.165, 1.54) is 0 Å². The smallest absolute Gasteiger partial charge is 0.374 e. The minimum absolute atomic E-state index is 0.239. The highest BCUT2D eigenvalue weighted by molar-refractivity contribution is 5.90. The van der Waals surface area contributed by atoms with Gasteiger partial charge in [-0.25, -0.2) is 9.78 Å². The molecule has 0 bridgehead atoms. The van der Waals surface area contributed by atoms with Gasteiger partial charge >= 0.3 is 5.97 Å². The lowest BCUT2D eigenvalue weighted by molar-refractivity contribution is 0.0683. The highest BCUT2D eigenvalue weighted by Gasteiger charge is 2.14. The van der Waals surface area contributed by atoms with Gasteiger partial charge in [0.15, 0.2) is 0 Å². The van der Waals surface area contributed by atoms with Crippen LogP contribution in [0.4, 0.5) is 0 Å². The quantitative estimate of drug-likeness (QED) is 0.795. The zero-order valence-electron chi connectivity index (χ0n) is 11.3. The van der Waals surface area contributed by atoms with Crippen molar-refractivity contribution in [2.24, 2.45) is 0 Å². The van der Waals surface area contributed by atoms with E-state index in [2.05, 4.69) is 9.97 Å². The van der Waals surface area contributed by atoms with Gasteiger partial charge in [0.1, 0.15) is 5.75 Å². The van der Waals surface area contributed by atoms with E-state index in [0.29, 0.717) is 16.7 Å². The number of aromatic nitrogens is 2. The van der Waals surface area contributed by atoms with Crippen molar-refractivity contribution in [3.05, 3.63) is 59.9 Å². The molecule has 0 amide bonds. The van der Waals surface area contributed by atoms with Crippen LogP contribution in [0.25, 0.3) is 10.9 Å². The zero-order valence-corrected chi connectivity index (χ0v) is 11.3. The van der Waals surface area contributed by atoms with Gasteiger partial charge in [0, 0.05) is 0 Å². The van der Waals surface area contributed by atoms with Crippen LogP contribution in [0, 0.1) is 6.92 Å². The summed E-state index contributed by atoms with van der Waals surface area (Å²) in [6, 6.07) is 14.6. The van der Waals surface area contributed by atoms with Gasteiger partial charge < -0.3 is 9.84 Å². The third kappa shape index (κ3) is 2.67. The molecule has 0 aliphatic heterocycles. The summed E-state index contributed by atoms with van der Waals surface area (Å²) in [4.78, 5) is 19.1. The number of aryl methyl sites for hydroxylation is 1. The first-order valence-electron chi connectivity index (χ1n) is 6.38. The molecular formula is C16H12N2O3. The summed E-state index contributed by atoms with van der Waals surface area (Å²) < 4.78 is 5.75. The predicted octanol–water partition coefficient (Wildman–Crippen LogP) is 3.43. The highest BCUT2D eigenvalue weighted by atomic mass is 16.5. The molecule has 5 heteroatoms. The molecule has 3 rings (SSSR count). The molecule has 5 nitrogen and oxygen atoms in total. The number of hydrogen-bond acceptors (Lipinski definition) is 4. The molecular weight excluding hydrogens is 268 g/mol. The van der Waals surface area contributed by atoms with Gasteiger partial charge in [0.2, 0.25) is 11.7 Å². The van der Waals surface area contributed by atoms with Crippen molar-refractivity contribution < 1.29 is 14.6 Å². The van der Waals surface area contributed by atoms with Crippen LogP contribution in [0.1, 0.15) is 16.2 Å². The normalized spacial score (nSPS) is 10.5. The van der Waals surface area contributed by atoms with E-state index in [4.69, 9.17) is 9.84 Å². The molecule has 1 N–H and O–H groups in total. The fraction of sp³-hybridized carbons (Fsp3) is 0.0625. The Balaban J connectivity index is 2.13. The lowest BCUT2D eigenvalue weighted by Gasteiger charge is -2.09. The molecule has 21 heavy (non-hydrogen) atoms. The molecule has 0 unspecified atom stereocenters. The number of ether oxygens (including phenoxy) is 1. The number of carbonyl (C=O) groups is 1. The van der Waals surface area contributed by atoms with Gasteiger partial charge in [0.05, 0.1) is 10.9 Å². The van der Waals surface area contributed by atoms with Crippen molar-refractivity contribution >= 4 is 16.9 Å². The highest BCUT2D eigenvalue weighted by Crippen LogP contribution is 2.27. The fourth-order valence-corrected chi connectivity index (χ4v) is 2.01. The van der Waals surface area contributed by atoms with Gasteiger partial charge in [-0.1, -0.05) is 24.3 Å². The van der Waals surface area contributed by atoms with E-state index >= 15 is 0 Å². The number of para-hydroxylation sites is 1. The second-order valence-corrected chi connectivity index (χ2v) is 4.59. The molecule has 3 aromatic rings. The second-order valence-electron chi connectivity index (χ2n) is 4.59. The molecule has 1 aromatic heterocycles. The standard InChI is InChI=1S/C16H12N2O3/c1-10-5-4-6-11(9-10)21-15-12-7-2-3-8-13(12)17-14(18-15)16(19)20/h2-9H,1H3,(H,19,20). The average molecular weight is 280 g/mol. The first kappa shape index (κ1) is 13.1. The van der Waals surface area contributed by atoms with Crippen molar-refractivity contribution in [1.82, 2.24) is 9.97 Å². The number of fused-ring (bicyclic) bond motifs is 1. The molecule has 0 saturated heterocycles. The number of carboxylic acids is 1. The molecule has 0 aliphatic carbocycles. The summed E-state index contributed by atoms with van der Waals surface area (Å²) in [5.41, 5.74) is 1.58. The maximum Gasteiger partial charge on any atom is 0.374 e. The third-order valence-corrected chi connectivity index (χ3v) is 2.96. The van der Waals surface area contributed by atoms with Crippen LogP contribution in [0.2, 0.25) is 0 Å². The summed E-state index contributed by atoms with van der Waals surface area (Å²) in [7, 11) is 0. The first-order valence-corrected chi connectivity index (χ1v) is 6.38. The Morgan fingerprint density at radius 2 is 1.90 bits per heavy atom. The van der Waals surface area contributed by atoms with Crippen LogP contribution >= 0.6 is 0 Å². The van der Waals surface area contributed by atoms with Crippen molar-refractivity contribution in [2.75, 3.05) is 0 Å². The topological polar surface area (TPSA) is 72.3 Å². The van der Waals surface area contributed by atoms with Gasteiger partial charge in [-0.05, 0) is 36.8 Å². The van der Waals surface area contributed by atoms with Crippen LogP contribution in [-0.4, -0.2) is 21.0 Å². The van der Waals surface area contributed by atoms with Crippen LogP contribution in [-0.2, 0) is 0 Å². The number of benzene rings is 2. The summed E-state index contributed by atoms with van der Waals surface area (Å²) >= 11 is 0. The Labute approximate surface area is 120 Å². The Bertz CT molecular complexity index is 831. The molecule has 1 heterocycles. The lowest BCUT2D eigenvalue weighted by Crippen LogP contribution is -2.05. The maximum absolute atomic E-state index is 11.1. The average Bonchev–Trinajstić information content (AvgIpc) is 2.47. The molecule has 0 radical (unpaired) electrons. The van der Waals surface area contributed by atoms with Crippen LogP contribution < -0.4 is 4.74 Å². The number of rotatable bonds is 3. The first-order chi connectivity index (χ1) is 10.1. The number of aromatic carboxylic acids is 1. The Morgan fingerprint density at radius 1 is 1.10 bits per heavy atom. The number of nitrogens with zero attached hydrogens (tertiary/aromatic N) is 2. The van der Waals surface area contributed by atoms with E-state index in [1.807, 2.05) is 31.2 Å². The summed E-state index contributed by atoms with van der Waals surface area (Å²) in [5.74, 6) is -0.620. The SMILES string of the molecule is Cc1cccc(Oc2nc(C(=O)O)nc3ccccc23)c1. The molecule has 0 saturated carbocycles. The Kier molecular flexibility index (Phi) is 3.23. The van der Waals surface area contributed by atoms with Gasteiger partial charge in [-0.15, -0.1) is 0 Å². The van der Waals surface area contributed by atoms with Crippen LogP contribution in [0.15, 0.2) is 48.5 Å². The molecule has 0 atom stereocenters. The molecule has 0 fully saturated rings. The largest absolute Gasteiger partial charge is 0.475 e. The maximum atomic E-state index is 11.1. The van der Waals surface area contributed by atoms with E-state index < -0.39 is 5.97 Å². The Morgan fingerprint density at radius 3 is 2.67 bits per heavy atom. The van der Waals surface area contributed by atoms with Crippen molar-refractivity contribution in [3.63, 3.8) is 0 Å². The van der Waals surface area contributed by atoms with E-state index in [-0.39, 0.29) is 11.7 Å². The Hall–Kier alpha value is -2.95. The molecule has 2 aromatic carbocycles. The van der Waals surface area contributed by atoms with Crippen molar-refractivity contribution in [3.8, 4) is 11.6 Å². The van der Waals surface area contributed by atoms with Gasteiger partial charge in [-0.2, -0.15) is 4.98 Å². The molecule has 0 aliphatic rings. The summed E-state index contributed by atoms with van der Waals surface area (Å²) in [6.45, 7) is 1.95. The minimum atomic E-state index is -1.19. The predicted molar refractivity (Wildman–Crippen MR) is 77.8 cm³/mol.